The maximum absolute atomic E-state index is 13.5. The molecular formula is C29H20ClF4NO4. The van der Waals surface area contributed by atoms with Crippen molar-refractivity contribution in [2.24, 2.45) is 0 Å². The lowest BCUT2D eigenvalue weighted by molar-refractivity contribution is -0.139. The van der Waals surface area contributed by atoms with Crippen LogP contribution in [0.1, 0.15) is 21.5 Å². The van der Waals surface area contributed by atoms with Crippen LogP contribution in [0.3, 0.4) is 0 Å². The summed E-state index contributed by atoms with van der Waals surface area (Å²) in [5.41, 5.74) is 1.72. The number of alkyl halides is 3. The molecule has 4 aromatic rings. The maximum Gasteiger partial charge on any atom is 0.416 e. The number of amides is 1. The molecule has 0 bridgehead atoms. The van der Waals surface area contributed by atoms with Gasteiger partial charge in [-0.15, -0.1) is 0 Å². The van der Waals surface area contributed by atoms with Crippen molar-refractivity contribution in [3.05, 3.63) is 112 Å². The topological polar surface area (TPSA) is 86.6 Å². The van der Waals surface area contributed by atoms with E-state index in [1.165, 1.54) is 42.5 Å². The normalized spacial score (nSPS) is 12.1. The number of carbonyl (C=O) groups is 2. The van der Waals surface area contributed by atoms with Gasteiger partial charge in [-0.25, -0.2) is 9.18 Å². The summed E-state index contributed by atoms with van der Waals surface area (Å²) in [5, 5.41) is 22.2. The molecule has 1 atom stereocenters. The van der Waals surface area contributed by atoms with Gasteiger partial charge in [-0.2, -0.15) is 13.2 Å². The van der Waals surface area contributed by atoms with E-state index in [9.17, 15) is 37.4 Å². The molecule has 0 aromatic heterocycles. The number of rotatable bonds is 7. The number of hydrogen-bond acceptors (Lipinski definition) is 3. The molecular weight excluding hydrogens is 538 g/mol. The first kappa shape index (κ1) is 27.7. The molecule has 0 spiro atoms. The number of halogens is 5. The highest BCUT2D eigenvalue weighted by atomic mass is 35.5. The fourth-order valence-electron chi connectivity index (χ4n) is 3.93. The first-order valence-electron chi connectivity index (χ1n) is 11.5. The van der Waals surface area contributed by atoms with Gasteiger partial charge in [-0.1, -0.05) is 60.1 Å². The van der Waals surface area contributed by atoms with Gasteiger partial charge in [0, 0.05) is 6.42 Å². The Morgan fingerprint density at radius 1 is 0.821 bits per heavy atom. The Bertz CT molecular complexity index is 1520. The number of aliphatic carboxylic acids is 1. The molecule has 5 nitrogen and oxygen atoms in total. The highest BCUT2D eigenvalue weighted by Crippen LogP contribution is 2.31. The van der Waals surface area contributed by atoms with Gasteiger partial charge in [0.1, 0.15) is 17.6 Å². The van der Waals surface area contributed by atoms with E-state index in [0.29, 0.717) is 27.8 Å². The molecule has 4 aromatic carbocycles. The lowest BCUT2D eigenvalue weighted by Crippen LogP contribution is -2.42. The van der Waals surface area contributed by atoms with E-state index in [4.69, 9.17) is 11.6 Å². The van der Waals surface area contributed by atoms with Crippen LogP contribution in [0.2, 0.25) is 5.02 Å². The van der Waals surface area contributed by atoms with E-state index in [0.717, 1.165) is 18.2 Å². The second-order valence-electron chi connectivity index (χ2n) is 8.70. The number of phenolic OH excluding ortho intramolecular Hbond substituents is 1. The summed E-state index contributed by atoms with van der Waals surface area (Å²) >= 11 is 5.84. The Hall–Kier alpha value is -4.37. The summed E-state index contributed by atoms with van der Waals surface area (Å²) in [6, 6.07) is 17.9. The van der Waals surface area contributed by atoms with Gasteiger partial charge in [0.05, 0.1) is 16.1 Å². The van der Waals surface area contributed by atoms with Crippen LogP contribution in [-0.2, 0) is 17.4 Å². The molecule has 10 heteroatoms. The third-order valence-electron chi connectivity index (χ3n) is 6.04. The first-order chi connectivity index (χ1) is 18.4. The molecule has 0 heterocycles. The van der Waals surface area contributed by atoms with E-state index in [-0.39, 0.29) is 22.8 Å². The zero-order chi connectivity index (χ0) is 28.3. The van der Waals surface area contributed by atoms with Crippen LogP contribution in [0.5, 0.6) is 5.75 Å². The van der Waals surface area contributed by atoms with E-state index < -0.39 is 35.5 Å². The predicted octanol–water partition coefficient (Wildman–Crippen LogP) is 6.96. The van der Waals surface area contributed by atoms with Crippen LogP contribution >= 0.6 is 11.6 Å². The number of aromatic hydroxyl groups is 1. The Morgan fingerprint density at radius 3 is 1.92 bits per heavy atom. The number of nitrogens with one attached hydrogen (secondary N) is 1. The Balaban J connectivity index is 1.49. The molecule has 0 radical (unpaired) electrons. The van der Waals surface area contributed by atoms with E-state index in [1.54, 1.807) is 24.3 Å². The molecule has 200 valence electrons. The number of phenols is 1. The minimum atomic E-state index is -4.44. The predicted molar refractivity (Wildman–Crippen MR) is 138 cm³/mol. The summed E-state index contributed by atoms with van der Waals surface area (Å²) in [6.07, 6.45) is -4.53. The average molecular weight is 558 g/mol. The van der Waals surface area contributed by atoms with Crippen LogP contribution in [0.25, 0.3) is 22.3 Å². The van der Waals surface area contributed by atoms with E-state index in [2.05, 4.69) is 5.32 Å². The average Bonchev–Trinajstić information content (AvgIpc) is 2.90. The van der Waals surface area contributed by atoms with Crippen molar-refractivity contribution in [3.63, 3.8) is 0 Å². The van der Waals surface area contributed by atoms with Gasteiger partial charge in [0.15, 0.2) is 0 Å². The van der Waals surface area contributed by atoms with Crippen LogP contribution in [0, 0.1) is 5.82 Å². The smallest absolute Gasteiger partial charge is 0.416 e. The molecule has 0 aliphatic heterocycles. The fourth-order valence-corrected chi connectivity index (χ4v) is 4.11. The van der Waals surface area contributed by atoms with Gasteiger partial charge in [0.25, 0.3) is 5.91 Å². The van der Waals surface area contributed by atoms with Gasteiger partial charge in [-0.3, -0.25) is 4.79 Å². The number of benzene rings is 4. The Kier molecular flexibility index (Phi) is 7.92. The second-order valence-corrected chi connectivity index (χ2v) is 9.11. The largest absolute Gasteiger partial charge is 0.507 e. The molecule has 1 amide bonds. The van der Waals surface area contributed by atoms with Crippen molar-refractivity contribution in [1.82, 2.24) is 5.32 Å². The first-order valence-corrected chi connectivity index (χ1v) is 11.9. The summed E-state index contributed by atoms with van der Waals surface area (Å²) in [5.74, 6) is -3.14. The Morgan fingerprint density at radius 2 is 1.36 bits per heavy atom. The van der Waals surface area contributed by atoms with Crippen LogP contribution in [0.15, 0.2) is 84.9 Å². The number of carbonyl (C=O) groups excluding carboxylic acids is 1. The molecule has 0 aliphatic carbocycles. The van der Waals surface area contributed by atoms with E-state index >= 15 is 0 Å². The maximum atomic E-state index is 13.5. The quantitative estimate of drug-likeness (QED) is 0.214. The highest BCUT2D eigenvalue weighted by molar-refractivity contribution is 6.31. The lowest BCUT2D eigenvalue weighted by Gasteiger charge is -2.16. The van der Waals surface area contributed by atoms with Gasteiger partial charge >= 0.3 is 12.1 Å². The molecule has 0 aliphatic rings. The van der Waals surface area contributed by atoms with Crippen LogP contribution < -0.4 is 5.32 Å². The number of carboxylic acids is 1. The van der Waals surface area contributed by atoms with Crippen molar-refractivity contribution in [2.45, 2.75) is 18.6 Å². The molecule has 0 saturated carbocycles. The standard InChI is InChI=1S/C29H20ClF4NO4/c30-23-15-20(7-11-24(23)31)19-8-12-26(36)22(14-19)27(37)35-25(28(38)39)13-16-1-3-17(4-2-16)18-5-9-21(10-6-18)29(32,33)34/h1-12,14-15,25,36H,13H2,(H,35,37)(H,38,39)/t25-/m0/s1. The molecule has 39 heavy (non-hydrogen) atoms. The fraction of sp³-hybridized carbons (Fsp3) is 0.103. The van der Waals surface area contributed by atoms with Crippen molar-refractivity contribution < 1.29 is 37.4 Å². The molecule has 0 fully saturated rings. The van der Waals surface area contributed by atoms with Crippen LogP contribution in [-0.4, -0.2) is 28.1 Å². The summed E-state index contributed by atoms with van der Waals surface area (Å²) in [6.45, 7) is 0. The second kappa shape index (κ2) is 11.2. The molecule has 3 N–H and O–H groups in total. The summed E-state index contributed by atoms with van der Waals surface area (Å²) < 4.78 is 51.9. The number of hydrogen-bond donors (Lipinski definition) is 3. The summed E-state index contributed by atoms with van der Waals surface area (Å²) in [4.78, 5) is 24.8. The molecule has 0 unspecified atom stereocenters. The van der Waals surface area contributed by atoms with Crippen LogP contribution in [0.4, 0.5) is 17.6 Å². The summed E-state index contributed by atoms with van der Waals surface area (Å²) in [7, 11) is 0. The third-order valence-corrected chi connectivity index (χ3v) is 6.33. The van der Waals surface area contributed by atoms with Gasteiger partial charge < -0.3 is 15.5 Å². The zero-order valence-corrected chi connectivity index (χ0v) is 20.7. The van der Waals surface area contributed by atoms with Crippen molar-refractivity contribution in [2.75, 3.05) is 0 Å². The molecule has 4 rings (SSSR count). The van der Waals surface area contributed by atoms with Gasteiger partial charge in [0.2, 0.25) is 0 Å². The van der Waals surface area contributed by atoms with Gasteiger partial charge in [-0.05, 0) is 64.2 Å². The van der Waals surface area contributed by atoms with Crippen molar-refractivity contribution >= 4 is 23.5 Å². The minimum absolute atomic E-state index is 0.0949. The Labute approximate surface area is 225 Å². The molecule has 0 saturated heterocycles. The van der Waals surface area contributed by atoms with Crippen molar-refractivity contribution in [1.29, 1.82) is 0 Å². The monoisotopic (exact) mass is 557 g/mol. The van der Waals surface area contributed by atoms with E-state index in [1.807, 2.05) is 0 Å². The van der Waals surface area contributed by atoms with Crippen molar-refractivity contribution in [3.8, 4) is 28.0 Å². The number of carboxylic acid groups (broad SMARTS) is 1. The highest BCUT2D eigenvalue weighted by Gasteiger charge is 2.30. The third kappa shape index (κ3) is 6.56. The minimum Gasteiger partial charge on any atom is -0.507 e. The SMILES string of the molecule is O=C(N[C@@H](Cc1ccc(-c2ccc(C(F)(F)F)cc2)cc1)C(=O)O)c1cc(-c2ccc(F)c(Cl)c2)ccc1O. The lowest BCUT2D eigenvalue weighted by atomic mass is 9.99. The zero-order valence-electron chi connectivity index (χ0n) is 20.0.